The Labute approximate surface area is 170 Å². The van der Waals surface area contributed by atoms with E-state index in [0.29, 0.717) is 24.3 Å². The molecular formula is C21H23N3O4S. The molecule has 1 N–H and O–H groups in total. The van der Waals surface area contributed by atoms with E-state index in [1.165, 1.54) is 15.3 Å². The van der Waals surface area contributed by atoms with Crippen molar-refractivity contribution in [3.05, 3.63) is 66.2 Å². The molecule has 3 rings (SSSR count). The number of sulfonamides is 1. The van der Waals surface area contributed by atoms with Gasteiger partial charge in [-0.3, -0.25) is 13.9 Å². The monoisotopic (exact) mass is 413 g/mol. The van der Waals surface area contributed by atoms with Crippen LogP contribution in [0.4, 0.5) is 11.4 Å². The van der Waals surface area contributed by atoms with Gasteiger partial charge in [-0.05, 0) is 42.3 Å². The van der Waals surface area contributed by atoms with Crippen molar-refractivity contribution in [1.29, 1.82) is 0 Å². The lowest BCUT2D eigenvalue weighted by Gasteiger charge is -2.16. The van der Waals surface area contributed by atoms with E-state index in [9.17, 15) is 18.0 Å². The lowest BCUT2D eigenvalue weighted by Crippen LogP contribution is -2.33. The van der Waals surface area contributed by atoms with Gasteiger partial charge in [0.25, 0.3) is 0 Å². The molecule has 8 heteroatoms. The summed E-state index contributed by atoms with van der Waals surface area (Å²) < 4.78 is 25.3. The molecule has 0 saturated carbocycles. The van der Waals surface area contributed by atoms with Gasteiger partial charge in [0.15, 0.2) is 0 Å². The third-order valence-electron chi connectivity index (χ3n) is 4.51. The molecule has 0 atom stereocenters. The second-order valence-electron chi connectivity index (χ2n) is 6.78. The van der Waals surface area contributed by atoms with Crippen LogP contribution in [0.1, 0.15) is 12.0 Å². The normalized spacial score (nSPS) is 15.4. The van der Waals surface area contributed by atoms with E-state index >= 15 is 0 Å². The molecule has 0 spiro atoms. The van der Waals surface area contributed by atoms with Gasteiger partial charge in [0.05, 0.1) is 18.0 Å². The first-order chi connectivity index (χ1) is 13.8. The number of carbonyl (C=O) groups is 2. The number of rotatable bonds is 6. The summed E-state index contributed by atoms with van der Waals surface area (Å²) in [7, 11) is -1.65. The molecule has 152 valence electrons. The number of nitrogens with zero attached hydrogens (tertiary/aromatic N) is 2. The highest BCUT2D eigenvalue weighted by atomic mass is 32.2. The Morgan fingerprint density at radius 1 is 1.10 bits per heavy atom. The van der Waals surface area contributed by atoms with E-state index in [4.69, 9.17) is 0 Å². The molecule has 2 aromatic carbocycles. The van der Waals surface area contributed by atoms with Crippen molar-refractivity contribution in [2.75, 3.05) is 35.5 Å². The molecule has 0 aliphatic carbocycles. The van der Waals surface area contributed by atoms with Crippen LogP contribution in [-0.4, -0.2) is 51.0 Å². The lowest BCUT2D eigenvalue weighted by atomic mass is 10.2. The Hall–Kier alpha value is -3.13. The van der Waals surface area contributed by atoms with E-state index in [-0.39, 0.29) is 24.1 Å². The summed E-state index contributed by atoms with van der Waals surface area (Å²) in [5.41, 5.74) is 2.07. The molecule has 0 radical (unpaired) electrons. The van der Waals surface area contributed by atoms with Crippen LogP contribution in [0.2, 0.25) is 0 Å². The summed E-state index contributed by atoms with van der Waals surface area (Å²) in [5, 5.41) is 2.73. The van der Waals surface area contributed by atoms with Gasteiger partial charge < -0.3 is 10.2 Å². The summed E-state index contributed by atoms with van der Waals surface area (Å²) in [6.45, 7) is 0.426. The summed E-state index contributed by atoms with van der Waals surface area (Å²) in [5.74, 6) is -0.413. The minimum absolute atomic E-state index is 0.0656. The summed E-state index contributed by atoms with van der Waals surface area (Å²) in [6.07, 6.45) is 3.65. The largest absolute Gasteiger partial charge is 0.333 e. The second kappa shape index (κ2) is 8.91. The van der Waals surface area contributed by atoms with Gasteiger partial charge >= 0.3 is 0 Å². The number of likely N-dealkylation sites (N-methyl/N-ethyl adjacent to an activating group) is 1. The summed E-state index contributed by atoms with van der Waals surface area (Å²) in [6, 6.07) is 16.0. The fraction of sp³-hybridized carbons (Fsp3) is 0.238. The quantitative estimate of drug-likeness (QED) is 0.737. The third kappa shape index (κ3) is 5.45. The lowest BCUT2D eigenvalue weighted by molar-refractivity contribution is -0.129. The highest BCUT2D eigenvalue weighted by Crippen LogP contribution is 2.24. The summed E-state index contributed by atoms with van der Waals surface area (Å²) in [4.78, 5) is 25.6. The van der Waals surface area contributed by atoms with Crippen LogP contribution in [0.15, 0.2) is 60.7 Å². The van der Waals surface area contributed by atoms with Crippen LogP contribution in [0.5, 0.6) is 0 Å². The zero-order valence-electron chi connectivity index (χ0n) is 16.1. The minimum Gasteiger partial charge on any atom is -0.333 e. The number of nitrogens with one attached hydrogen (secondary N) is 1. The smallest absolute Gasteiger partial charge is 0.246 e. The van der Waals surface area contributed by atoms with Crippen LogP contribution >= 0.6 is 0 Å². The number of hydrogen-bond acceptors (Lipinski definition) is 4. The van der Waals surface area contributed by atoms with E-state index in [2.05, 4.69) is 5.32 Å². The second-order valence-corrected chi connectivity index (χ2v) is 8.79. The van der Waals surface area contributed by atoms with E-state index in [0.717, 1.165) is 5.56 Å². The third-order valence-corrected chi connectivity index (χ3v) is 6.38. The first kappa shape index (κ1) is 20.6. The summed E-state index contributed by atoms with van der Waals surface area (Å²) >= 11 is 0. The highest BCUT2D eigenvalue weighted by Gasteiger charge is 2.28. The van der Waals surface area contributed by atoms with Crippen LogP contribution in [-0.2, 0) is 19.6 Å². The van der Waals surface area contributed by atoms with Crippen molar-refractivity contribution in [1.82, 2.24) is 4.90 Å². The first-order valence-corrected chi connectivity index (χ1v) is 10.8. The Kier molecular flexibility index (Phi) is 6.33. The van der Waals surface area contributed by atoms with Gasteiger partial charge in [0.1, 0.15) is 0 Å². The Morgan fingerprint density at radius 2 is 1.79 bits per heavy atom. The maximum atomic E-state index is 12.2. The molecule has 1 fully saturated rings. The molecule has 1 aliphatic rings. The van der Waals surface area contributed by atoms with Crippen LogP contribution in [0.25, 0.3) is 6.08 Å². The van der Waals surface area contributed by atoms with E-state index in [1.54, 1.807) is 49.5 Å². The zero-order valence-corrected chi connectivity index (χ0v) is 16.9. The molecular weight excluding hydrogens is 390 g/mol. The maximum absolute atomic E-state index is 12.2. The maximum Gasteiger partial charge on any atom is 0.246 e. The van der Waals surface area contributed by atoms with Crippen molar-refractivity contribution in [2.45, 2.75) is 6.42 Å². The number of hydrogen-bond donors (Lipinski definition) is 1. The molecule has 0 aromatic heterocycles. The van der Waals surface area contributed by atoms with Gasteiger partial charge in [-0.15, -0.1) is 0 Å². The minimum atomic E-state index is -3.21. The number of amides is 2. The molecule has 1 aliphatic heterocycles. The van der Waals surface area contributed by atoms with Gasteiger partial charge in [-0.25, -0.2) is 8.42 Å². The van der Waals surface area contributed by atoms with Crippen LogP contribution in [0, 0.1) is 0 Å². The predicted octanol–water partition coefficient (Wildman–Crippen LogP) is 2.34. The van der Waals surface area contributed by atoms with Crippen molar-refractivity contribution in [3.8, 4) is 0 Å². The highest BCUT2D eigenvalue weighted by molar-refractivity contribution is 7.93. The molecule has 29 heavy (non-hydrogen) atoms. The van der Waals surface area contributed by atoms with Crippen molar-refractivity contribution >= 4 is 39.3 Å². The molecule has 0 bridgehead atoms. The Bertz CT molecular complexity index is 1000. The molecule has 7 nitrogen and oxygen atoms in total. The van der Waals surface area contributed by atoms with Gasteiger partial charge in [-0.1, -0.05) is 30.3 Å². The molecule has 1 saturated heterocycles. The molecule has 0 unspecified atom stereocenters. The topological polar surface area (TPSA) is 86.8 Å². The molecule has 2 aromatic rings. The fourth-order valence-corrected chi connectivity index (χ4v) is 4.56. The number of carbonyl (C=O) groups excluding carboxylic acids is 2. The van der Waals surface area contributed by atoms with Crippen LogP contribution < -0.4 is 9.62 Å². The van der Waals surface area contributed by atoms with Crippen LogP contribution in [0.3, 0.4) is 0 Å². The predicted molar refractivity (Wildman–Crippen MR) is 114 cm³/mol. The van der Waals surface area contributed by atoms with Crippen molar-refractivity contribution in [2.24, 2.45) is 0 Å². The fourth-order valence-electron chi connectivity index (χ4n) is 2.99. The Morgan fingerprint density at radius 3 is 2.41 bits per heavy atom. The van der Waals surface area contributed by atoms with Gasteiger partial charge in [0.2, 0.25) is 21.8 Å². The zero-order chi connectivity index (χ0) is 20.9. The molecule has 2 amide bonds. The van der Waals surface area contributed by atoms with Crippen molar-refractivity contribution < 1.29 is 18.0 Å². The van der Waals surface area contributed by atoms with Gasteiger partial charge in [0, 0.05) is 25.4 Å². The number of para-hydroxylation sites is 1. The average molecular weight is 413 g/mol. The molecule has 1 heterocycles. The number of anilines is 2. The van der Waals surface area contributed by atoms with E-state index in [1.807, 2.05) is 18.2 Å². The average Bonchev–Trinajstić information content (AvgIpc) is 3.06. The SMILES string of the molecule is CN(CC(=O)Nc1ccccc1)C(=O)/C=C/c1ccc(N2CCCS2(=O)=O)cc1. The van der Waals surface area contributed by atoms with Gasteiger partial charge in [-0.2, -0.15) is 0 Å². The first-order valence-electron chi connectivity index (χ1n) is 9.24. The standard InChI is InChI=1S/C21H23N3O4S/c1-23(16-20(25)22-18-6-3-2-4-7-18)21(26)13-10-17-8-11-19(12-9-17)24-14-5-15-29(24,27)28/h2-4,6-13H,5,14-16H2,1H3,(H,22,25)/b13-10+. The van der Waals surface area contributed by atoms with E-state index < -0.39 is 10.0 Å². The Balaban J connectivity index is 1.55. The number of benzene rings is 2. The van der Waals surface area contributed by atoms with Crippen molar-refractivity contribution in [3.63, 3.8) is 0 Å².